The summed E-state index contributed by atoms with van der Waals surface area (Å²) in [6, 6.07) is 17.2. The Hall–Kier alpha value is -2.35. The number of benzene rings is 2. The molecule has 27 heavy (non-hydrogen) atoms. The third kappa shape index (κ3) is 5.09. The number of carbonyl (C=O) groups is 1. The van der Waals surface area contributed by atoms with Gasteiger partial charge in [-0.3, -0.25) is 0 Å². The molecule has 144 valence electrons. The predicted octanol–water partition coefficient (Wildman–Crippen LogP) is 6.62. The smallest absolute Gasteiger partial charge is 0.335 e. The topological polar surface area (TPSA) is 26.3 Å². The highest BCUT2D eigenvalue weighted by Crippen LogP contribution is 2.41. The summed E-state index contributed by atoms with van der Waals surface area (Å²) in [6.45, 7) is 10.2. The van der Waals surface area contributed by atoms with E-state index in [1.54, 1.807) is 0 Å². The summed E-state index contributed by atoms with van der Waals surface area (Å²) in [6.07, 6.45) is 7.90. The van der Waals surface area contributed by atoms with Gasteiger partial charge in [0.25, 0.3) is 0 Å². The van der Waals surface area contributed by atoms with Crippen molar-refractivity contribution in [2.45, 2.75) is 64.7 Å². The van der Waals surface area contributed by atoms with Gasteiger partial charge in [-0.25, -0.2) is 4.79 Å². The fourth-order valence-electron chi connectivity index (χ4n) is 4.00. The number of aryl methyl sites for hydroxylation is 1. The summed E-state index contributed by atoms with van der Waals surface area (Å²) >= 11 is 0. The normalized spacial score (nSPS) is 11.2. The average Bonchev–Trinajstić information content (AvgIpc) is 2.69. The summed E-state index contributed by atoms with van der Waals surface area (Å²) in [5.74, 6) is 0.131. The van der Waals surface area contributed by atoms with Crippen molar-refractivity contribution in [2.75, 3.05) is 0 Å². The summed E-state index contributed by atoms with van der Waals surface area (Å²) in [4.78, 5) is 11.4. The lowest BCUT2D eigenvalue weighted by Gasteiger charge is -2.35. The fraction of sp³-hybridized carbons (Fsp3) is 0.400. The summed E-state index contributed by atoms with van der Waals surface area (Å²) in [5, 5.41) is 0. The van der Waals surface area contributed by atoms with Gasteiger partial charge in [-0.15, -0.1) is 0 Å². The first-order valence-corrected chi connectivity index (χ1v) is 10.1. The largest absolute Gasteiger partial charge is 0.423 e. The molecule has 2 aromatic carbocycles. The number of rotatable bonds is 10. The third-order valence-corrected chi connectivity index (χ3v) is 5.19. The Morgan fingerprint density at radius 2 is 1.41 bits per heavy atom. The SMILES string of the molecule is C=CC(=O)Oc1ccc(C(CCC)(CCC)c2ccc(CCC)cc2)cc1. The average molecular weight is 365 g/mol. The van der Waals surface area contributed by atoms with E-state index in [0.29, 0.717) is 5.75 Å². The molecule has 0 unspecified atom stereocenters. The monoisotopic (exact) mass is 364 g/mol. The highest BCUT2D eigenvalue weighted by atomic mass is 16.5. The number of hydrogen-bond acceptors (Lipinski definition) is 2. The lowest BCUT2D eigenvalue weighted by Crippen LogP contribution is -2.27. The van der Waals surface area contributed by atoms with Crippen molar-refractivity contribution in [1.82, 2.24) is 0 Å². The predicted molar refractivity (Wildman–Crippen MR) is 113 cm³/mol. The van der Waals surface area contributed by atoms with Crippen molar-refractivity contribution in [2.24, 2.45) is 0 Å². The molecule has 0 bridgehead atoms. The Balaban J connectivity index is 2.43. The minimum Gasteiger partial charge on any atom is -0.423 e. The first-order chi connectivity index (χ1) is 13.1. The molecule has 0 radical (unpaired) electrons. The Morgan fingerprint density at radius 1 is 0.889 bits per heavy atom. The van der Waals surface area contributed by atoms with Crippen molar-refractivity contribution < 1.29 is 9.53 Å². The van der Waals surface area contributed by atoms with Gasteiger partial charge in [0.05, 0.1) is 0 Å². The minimum atomic E-state index is -0.428. The maximum atomic E-state index is 11.4. The Labute approximate surface area is 164 Å². The van der Waals surface area contributed by atoms with Gasteiger partial charge in [-0.05, 0) is 48.1 Å². The van der Waals surface area contributed by atoms with Crippen LogP contribution in [0.25, 0.3) is 0 Å². The number of ether oxygens (including phenoxy) is 1. The fourth-order valence-corrected chi connectivity index (χ4v) is 4.00. The van der Waals surface area contributed by atoms with Gasteiger partial charge < -0.3 is 4.74 Å². The van der Waals surface area contributed by atoms with Crippen molar-refractivity contribution in [3.8, 4) is 5.75 Å². The van der Waals surface area contributed by atoms with Crippen molar-refractivity contribution in [3.05, 3.63) is 77.9 Å². The number of esters is 1. The van der Waals surface area contributed by atoms with Crippen LogP contribution in [-0.2, 0) is 16.6 Å². The van der Waals surface area contributed by atoms with E-state index in [1.165, 1.54) is 29.2 Å². The highest BCUT2D eigenvalue weighted by Gasteiger charge is 2.32. The second-order valence-corrected chi connectivity index (χ2v) is 7.18. The van der Waals surface area contributed by atoms with E-state index < -0.39 is 5.97 Å². The zero-order valence-corrected chi connectivity index (χ0v) is 17.0. The van der Waals surface area contributed by atoms with E-state index in [9.17, 15) is 4.79 Å². The molecule has 0 saturated carbocycles. The van der Waals surface area contributed by atoms with E-state index in [0.717, 1.165) is 32.1 Å². The molecule has 0 saturated heterocycles. The lowest BCUT2D eigenvalue weighted by molar-refractivity contribution is -0.128. The van der Waals surface area contributed by atoms with Gasteiger partial charge in [0.1, 0.15) is 5.75 Å². The molecule has 2 aromatic rings. The second kappa shape index (κ2) is 10.1. The van der Waals surface area contributed by atoms with E-state index in [1.807, 2.05) is 12.1 Å². The van der Waals surface area contributed by atoms with Gasteiger partial charge in [-0.2, -0.15) is 0 Å². The van der Waals surface area contributed by atoms with E-state index in [4.69, 9.17) is 4.74 Å². The van der Waals surface area contributed by atoms with Crippen LogP contribution in [0.2, 0.25) is 0 Å². The first kappa shape index (κ1) is 21.0. The standard InChI is InChI=1S/C25H32O2/c1-5-9-20-10-12-21(13-11-20)25(18-6-2,19-7-3)22-14-16-23(17-15-22)27-24(26)8-4/h8,10-17H,4-7,9,18-19H2,1-3H3. The van der Waals surface area contributed by atoms with Crippen LogP contribution in [0.15, 0.2) is 61.2 Å². The molecular formula is C25H32O2. The Bertz CT molecular complexity index is 720. The minimum absolute atomic E-state index is 0.00474. The van der Waals surface area contributed by atoms with Crippen LogP contribution in [0, 0.1) is 0 Å². The maximum Gasteiger partial charge on any atom is 0.335 e. The number of hydrogen-bond donors (Lipinski definition) is 0. The molecule has 2 heteroatoms. The number of carbonyl (C=O) groups excluding carboxylic acids is 1. The first-order valence-electron chi connectivity index (χ1n) is 10.1. The lowest BCUT2D eigenvalue weighted by atomic mass is 9.68. The molecule has 0 amide bonds. The van der Waals surface area contributed by atoms with Crippen molar-refractivity contribution in [1.29, 1.82) is 0 Å². The van der Waals surface area contributed by atoms with Gasteiger partial charge in [0.15, 0.2) is 0 Å². The van der Waals surface area contributed by atoms with Gasteiger partial charge in [0.2, 0.25) is 0 Å². The zero-order chi connectivity index (χ0) is 19.7. The molecule has 0 atom stereocenters. The Morgan fingerprint density at radius 3 is 1.85 bits per heavy atom. The molecule has 2 nitrogen and oxygen atoms in total. The molecule has 2 rings (SSSR count). The van der Waals surface area contributed by atoms with Gasteiger partial charge in [0, 0.05) is 11.5 Å². The van der Waals surface area contributed by atoms with Crippen LogP contribution in [0.4, 0.5) is 0 Å². The zero-order valence-electron chi connectivity index (χ0n) is 17.0. The maximum absolute atomic E-state index is 11.4. The highest BCUT2D eigenvalue weighted by molar-refractivity contribution is 5.83. The van der Waals surface area contributed by atoms with Crippen LogP contribution in [0.3, 0.4) is 0 Å². The molecule has 0 aliphatic rings. The Kier molecular flexibility index (Phi) is 7.84. The van der Waals surface area contributed by atoms with Crippen molar-refractivity contribution in [3.63, 3.8) is 0 Å². The molecule has 0 aliphatic carbocycles. The third-order valence-electron chi connectivity index (χ3n) is 5.19. The molecule has 0 fully saturated rings. The van der Waals surface area contributed by atoms with Crippen LogP contribution in [0.5, 0.6) is 5.75 Å². The van der Waals surface area contributed by atoms with Crippen LogP contribution >= 0.6 is 0 Å². The molecule has 0 spiro atoms. The quantitative estimate of drug-likeness (QED) is 0.269. The molecular weight excluding hydrogens is 332 g/mol. The summed E-state index contributed by atoms with van der Waals surface area (Å²) < 4.78 is 5.24. The molecule has 0 N–H and O–H groups in total. The van der Waals surface area contributed by atoms with Crippen LogP contribution in [-0.4, -0.2) is 5.97 Å². The molecule has 0 aliphatic heterocycles. The van der Waals surface area contributed by atoms with Crippen LogP contribution < -0.4 is 4.74 Å². The summed E-state index contributed by atoms with van der Waals surface area (Å²) in [5.41, 5.74) is 4.06. The molecule has 0 heterocycles. The van der Waals surface area contributed by atoms with E-state index >= 15 is 0 Å². The second-order valence-electron chi connectivity index (χ2n) is 7.18. The van der Waals surface area contributed by atoms with Gasteiger partial charge in [-0.1, -0.05) is 83.0 Å². The van der Waals surface area contributed by atoms with E-state index in [2.05, 4.69) is 63.7 Å². The van der Waals surface area contributed by atoms with E-state index in [-0.39, 0.29) is 5.41 Å². The van der Waals surface area contributed by atoms with Gasteiger partial charge >= 0.3 is 5.97 Å². The molecule has 0 aromatic heterocycles. The van der Waals surface area contributed by atoms with Crippen LogP contribution in [0.1, 0.15) is 69.6 Å². The van der Waals surface area contributed by atoms with Crippen molar-refractivity contribution >= 4 is 5.97 Å². The summed E-state index contributed by atoms with van der Waals surface area (Å²) in [7, 11) is 0.